The maximum absolute atomic E-state index is 14.2. The second-order valence-electron chi connectivity index (χ2n) is 11.4. The molecule has 13 heteroatoms. The van der Waals surface area contributed by atoms with Crippen molar-refractivity contribution in [2.24, 2.45) is 5.92 Å². The molecular formula is C34H31F3N4O4S2. The van der Waals surface area contributed by atoms with Crippen LogP contribution in [0.1, 0.15) is 41.3 Å². The number of hydrogen-bond donors (Lipinski definition) is 1. The van der Waals surface area contributed by atoms with E-state index in [1.807, 2.05) is 57.2 Å². The van der Waals surface area contributed by atoms with Crippen molar-refractivity contribution >= 4 is 57.9 Å². The van der Waals surface area contributed by atoms with Crippen LogP contribution in [0.15, 0.2) is 82.6 Å². The molecule has 0 bridgehead atoms. The van der Waals surface area contributed by atoms with E-state index in [-0.39, 0.29) is 6.54 Å². The lowest BCUT2D eigenvalue weighted by Gasteiger charge is -2.31. The molecule has 0 saturated carbocycles. The molecule has 3 atom stereocenters. The molecule has 6 rings (SSSR count). The molecule has 0 aliphatic carbocycles. The minimum atomic E-state index is -4.80. The molecule has 0 radical (unpaired) electrons. The molecule has 3 amide bonds. The number of para-hydroxylation sites is 1. The second kappa shape index (κ2) is 12.7. The van der Waals surface area contributed by atoms with Crippen LogP contribution in [0.4, 0.5) is 30.2 Å². The number of thioether (sulfide) groups is 1. The van der Waals surface area contributed by atoms with Crippen molar-refractivity contribution in [3.63, 3.8) is 0 Å². The minimum Gasteiger partial charge on any atom is -0.372 e. The smallest absolute Gasteiger partial charge is 0.372 e. The number of nitrogens with zero attached hydrogens (tertiary/aromatic N) is 3. The van der Waals surface area contributed by atoms with Crippen LogP contribution < -0.4 is 20.0 Å². The van der Waals surface area contributed by atoms with Crippen molar-refractivity contribution in [2.45, 2.75) is 49.7 Å². The summed E-state index contributed by atoms with van der Waals surface area (Å²) in [6.07, 6.45) is -4.80. The molecule has 2 aliphatic rings. The number of thiazole rings is 1. The van der Waals surface area contributed by atoms with E-state index in [1.54, 1.807) is 12.1 Å². The van der Waals surface area contributed by atoms with Gasteiger partial charge < -0.3 is 10.2 Å². The van der Waals surface area contributed by atoms with Gasteiger partial charge in [-0.25, -0.2) is 4.90 Å². The number of anilines is 3. The van der Waals surface area contributed by atoms with Crippen LogP contribution in [-0.2, 0) is 27.1 Å². The number of aromatic nitrogens is 1. The summed E-state index contributed by atoms with van der Waals surface area (Å²) in [6.45, 7) is 7.15. The summed E-state index contributed by atoms with van der Waals surface area (Å²) in [5, 5.41) is 2.01. The summed E-state index contributed by atoms with van der Waals surface area (Å²) in [5.74, 6) is -3.91. The fraction of sp³-hybridized carbons (Fsp3) is 0.294. The maximum atomic E-state index is 14.2. The van der Waals surface area contributed by atoms with Crippen LogP contribution in [0.3, 0.4) is 0 Å². The molecule has 3 unspecified atom stereocenters. The number of imide groups is 1. The van der Waals surface area contributed by atoms with Gasteiger partial charge in [0, 0.05) is 35.3 Å². The molecule has 8 nitrogen and oxygen atoms in total. The Labute approximate surface area is 277 Å². The highest BCUT2D eigenvalue weighted by Gasteiger charge is 2.57. The molecule has 1 aromatic heterocycles. The Bertz CT molecular complexity index is 1900. The fourth-order valence-corrected chi connectivity index (χ4v) is 9.00. The number of amides is 3. The van der Waals surface area contributed by atoms with E-state index in [0.29, 0.717) is 26.1 Å². The molecule has 1 fully saturated rings. The monoisotopic (exact) mass is 680 g/mol. The number of carbonyl (C=O) groups excluding carboxylic acids is 3. The van der Waals surface area contributed by atoms with E-state index in [4.69, 9.17) is 0 Å². The third-order valence-electron chi connectivity index (χ3n) is 8.52. The molecule has 244 valence electrons. The Kier molecular flexibility index (Phi) is 8.79. The van der Waals surface area contributed by atoms with Crippen LogP contribution in [-0.4, -0.2) is 40.6 Å². The molecule has 4 aromatic rings. The molecule has 3 heterocycles. The normalized spacial score (nSPS) is 19.0. The van der Waals surface area contributed by atoms with Gasteiger partial charge in [0.15, 0.2) is 0 Å². The van der Waals surface area contributed by atoms with Gasteiger partial charge in [-0.05, 0) is 62.7 Å². The van der Waals surface area contributed by atoms with E-state index < -0.39 is 57.1 Å². The molecule has 0 spiro atoms. The molecule has 1 saturated heterocycles. The van der Waals surface area contributed by atoms with Gasteiger partial charge in [-0.2, -0.15) is 13.2 Å². The summed E-state index contributed by atoms with van der Waals surface area (Å²) in [7, 11) is 0. The first-order valence-corrected chi connectivity index (χ1v) is 16.8. The SMILES string of the molecule is CCN(CC)c1ccc(C2c3sc(=O)n(CC(=O)Nc4ccc(C)cc4)c3SC3C(=O)N(c4ccccc4C(F)(F)F)C(=O)C32)cc1. The summed E-state index contributed by atoms with van der Waals surface area (Å²) < 4.78 is 43.5. The van der Waals surface area contributed by atoms with Crippen LogP contribution in [0.2, 0.25) is 0 Å². The van der Waals surface area contributed by atoms with Gasteiger partial charge in [-0.1, -0.05) is 65.1 Å². The standard InChI is InChI=1S/C34H31F3N4O4S2/c1-4-39(5-2)22-16-12-20(13-17-22)26-27-28(31(44)41(30(27)43)24-9-7-6-8-23(24)34(35,36)37)46-32-29(26)47-33(45)40(32)18-25(42)38-21-14-10-19(3)11-15-21/h6-17,26-28H,4-5,18H2,1-3H3,(H,38,42). The highest BCUT2D eigenvalue weighted by Crippen LogP contribution is 2.54. The third kappa shape index (κ3) is 5.98. The van der Waals surface area contributed by atoms with Crippen molar-refractivity contribution in [1.29, 1.82) is 0 Å². The number of benzene rings is 3. The lowest BCUT2D eigenvalue weighted by Crippen LogP contribution is -2.33. The van der Waals surface area contributed by atoms with Crippen LogP contribution >= 0.6 is 23.1 Å². The minimum absolute atomic E-state index is 0.348. The van der Waals surface area contributed by atoms with Crippen molar-refractivity contribution in [1.82, 2.24) is 4.57 Å². The van der Waals surface area contributed by atoms with Gasteiger partial charge in [0.1, 0.15) is 11.8 Å². The van der Waals surface area contributed by atoms with E-state index in [2.05, 4.69) is 10.2 Å². The predicted octanol–water partition coefficient (Wildman–Crippen LogP) is 6.52. The Morgan fingerprint density at radius 2 is 1.57 bits per heavy atom. The van der Waals surface area contributed by atoms with Crippen molar-refractivity contribution in [3.8, 4) is 0 Å². The summed E-state index contributed by atoms with van der Waals surface area (Å²) in [5.41, 5.74) is 1.52. The van der Waals surface area contributed by atoms with E-state index in [1.165, 1.54) is 16.7 Å². The Hall–Kier alpha value is -4.36. The number of aryl methyl sites for hydroxylation is 1. The largest absolute Gasteiger partial charge is 0.418 e. The van der Waals surface area contributed by atoms with E-state index in [9.17, 15) is 32.3 Å². The van der Waals surface area contributed by atoms with Crippen molar-refractivity contribution in [3.05, 3.63) is 104 Å². The number of carbonyl (C=O) groups is 3. The summed E-state index contributed by atoms with van der Waals surface area (Å²) >= 11 is 1.83. The lowest BCUT2D eigenvalue weighted by atomic mass is 9.83. The van der Waals surface area contributed by atoms with Gasteiger partial charge in [-0.3, -0.25) is 23.7 Å². The topological polar surface area (TPSA) is 91.7 Å². The van der Waals surface area contributed by atoms with Gasteiger partial charge >= 0.3 is 11.0 Å². The van der Waals surface area contributed by atoms with Gasteiger partial charge in [0.2, 0.25) is 17.7 Å². The van der Waals surface area contributed by atoms with Crippen molar-refractivity contribution < 1.29 is 27.6 Å². The maximum Gasteiger partial charge on any atom is 0.418 e. The highest BCUT2D eigenvalue weighted by molar-refractivity contribution is 8.00. The van der Waals surface area contributed by atoms with E-state index >= 15 is 0 Å². The third-order valence-corrected chi connectivity index (χ3v) is 11.1. The number of fused-ring (bicyclic) bond motifs is 2. The molecule has 1 N–H and O–H groups in total. The van der Waals surface area contributed by atoms with Crippen LogP contribution in [0, 0.1) is 12.8 Å². The zero-order chi connectivity index (χ0) is 33.6. The highest BCUT2D eigenvalue weighted by atomic mass is 32.2. The van der Waals surface area contributed by atoms with Gasteiger partial charge in [-0.15, -0.1) is 0 Å². The Morgan fingerprint density at radius 1 is 0.915 bits per heavy atom. The number of nitrogens with one attached hydrogen (secondary N) is 1. The first kappa shape index (κ1) is 32.6. The zero-order valence-electron chi connectivity index (χ0n) is 25.7. The Balaban J connectivity index is 1.43. The Morgan fingerprint density at radius 3 is 2.21 bits per heavy atom. The predicted molar refractivity (Wildman–Crippen MR) is 177 cm³/mol. The van der Waals surface area contributed by atoms with Gasteiger partial charge in [0.05, 0.1) is 22.2 Å². The van der Waals surface area contributed by atoms with Crippen molar-refractivity contribution in [2.75, 3.05) is 28.2 Å². The lowest BCUT2D eigenvalue weighted by molar-refractivity contribution is -0.137. The fourth-order valence-electron chi connectivity index (χ4n) is 6.22. The summed E-state index contributed by atoms with van der Waals surface area (Å²) in [4.78, 5) is 57.5. The number of alkyl halides is 3. The average Bonchev–Trinajstić information content (AvgIpc) is 3.48. The zero-order valence-corrected chi connectivity index (χ0v) is 27.3. The van der Waals surface area contributed by atoms with Gasteiger partial charge in [0.25, 0.3) is 0 Å². The van der Waals surface area contributed by atoms with E-state index in [0.717, 1.165) is 59.6 Å². The molecular weight excluding hydrogens is 650 g/mol. The van der Waals surface area contributed by atoms with Crippen LogP contribution in [0.5, 0.6) is 0 Å². The quantitative estimate of drug-likeness (QED) is 0.213. The summed E-state index contributed by atoms with van der Waals surface area (Å²) in [6, 6.07) is 19.1. The first-order valence-electron chi connectivity index (χ1n) is 15.1. The van der Waals surface area contributed by atoms with Crippen LogP contribution in [0.25, 0.3) is 0 Å². The number of rotatable bonds is 8. The number of halogens is 3. The molecule has 47 heavy (non-hydrogen) atoms. The molecule has 3 aromatic carbocycles. The number of hydrogen-bond acceptors (Lipinski definition) is 7. The molecule has 2 aliphatic heterocycles. The second-order valence-corrected chi connectivity index (χ2v) is 13.5. The first-order chi connectivity index (χ1) is 22.4. The average molecular weight is 681 g/mol.